The highest BCUT2D eigenvalue weighted by molar-refractivity contribution is 7.99. The van der Waals surface area contributed by atoms with Gasteiger partial charge in [-0.3, -0.25) is 0 Å². The maximum absolute atomic E-state index is 12.0. The van der Waals surface area contributed by atoms with Crippen molar-refractivity contribution in [3.05, 3.63) is 58.6 Å². The number of ether oxygens (including phenoxy) is 2. The van der Waals surface area contributed by atoms with Crippen molar-refractivity contribution in [2.45, 2.75) is 10.3 Å². The fourth-order valence-electron chi connectivity index (χ4n) is 2.11. The minimum atomic E-state index is -0.396. The first-order valence-corrected chi connectivity index (χ1v) is 7.25. The van der Waals surface area contributed by atoms with Gasteiger partial charge in [0.2, 0.25) is 0 Å². The van der Waals surface area contributed by atoms with Gasteiger partial charge in [0.25, 0.3) is 0 Å². The average Bonchev–Trinajstić information content (AvgIpc) is 2.77. The van der Waals surface area contributed by atoms with Crippen LogP contribution in [0.25, 0.3) is 0 Å². The van der Waals surface area contributed by atoms with Gasteiger partial charge in [0.15, 0.2) is 11.2 Å². The number of rotatable bonds is 3. The lowest BCUT2D eigenvalue weighted by atomic mass is 10.1. The number of halogens is 1. The van der Waals surface area contributed by atoms with E-state index in [1.165, 1.54) is 18.9 Å². The van der Waals surface area contributed by atoms with Crippen molar-refractivity contribution < 1.29 is 14.3 Å². The van der Waals surface area contributed by atoms with Crippen molar-refractivity contribution in [1.82, 2.24) is 0 Å². The second-order valence-corrected chi connectivity index (χ2v) is 5.76. The Bertz CT molecular complexity index is 658. The van der Waals surface area contributed by atoms with E-state index in [2.05, 4.69) is 0 Å². The molecule has 0 radical (unpaired) electrons. The molecule has 0 N–H and O–H groups in total. The van der Waals surface area contributed by atoms with Gasteiger partial charge in [-0.25, -0.2) is 4.79 Å². The van der Waals surface area contributed by atoms with E-state index in [1.54, 1.807) is 6.07 Å². The molecule has 0 aliphatic carbocycles. The van der Waals surface area contributed by atoms with Crippen molar-refractivity contribution in [3.8, 4) is 5.75 Å². The van der Waals surface area contributed by atoms with Crippen molar-refractivity contribution >= 4 is 29.3 Å². The molecule has 5 heteroatoms. The third-order valence-electron chi connectivity index (χ3n) is 3.00. The van der Waals surface area contributed by atoms with Crippen LogP contribution in [0, 0.1) is 0 Å². The highest BCUT2D eigenvalue weighted by atomic mass is 35.5. The van der Waals surface area contributed by atoms with Gasteiger partial charge >= 0.3 is 5.97 Å². The van der Waals surface area contributed by atoms with E-state index in [-0.39, 0.29) is 5.44 Å². The minimum Gasteiger partial charge on any atom is -0.494 e. The molecule has 3 rings (SSSR count). The summed E-state index contributed by atoms with van der Waals surface area (Å²) in [5.41, 5.74) is 0.851. The van der Waals surface area contributed by atoms with Crippen LogP contribution in [0.5, 0.6) is 5.75 Å². The fraction of sp³-hybridized carbons (Fsp3) is 0.133. The van der Waals surface area contributed by atoms with E-state index in [9.17, 15) is 4.79 Å². The highest BCUT2D eigenvalue weighted by Gasteiger charge is 2.35. The molecule has 0 spiro atoms. The molecule has 0 fully saturated rings. The summed E-state index contributed by atoms with van der Waals surface area (Å²) in [7, 11) is 1.49. The second-order valence-electron chi connectivity index (χ2n) is 4.21. The van der Waals surface area contributed by atoms with Crippen LogP contribution in [-0.2, 0) is 4.74 Å². The van der Waals surface area contributed by atoms with Crippen LogP contribution in [0.2, 0.25) is 5.02 Å². The van der Waals surface area contributed by atoms with Crippen LogP contribution in [-0.4, -0.2) is 13.1 Å². The lowest BCUT2D eigenvalue weighted by molar-refractivity contribution is 0.0520. The van der Waals surface area contributed by atoms with Gasteiger partial charge in [-0.2, -0.15) is 0 Å². The summed E-state index contributed by atoms with van der Waals surface area (Å²) in [6.45, 7) is 0. The number of cyclic esters (lactones) is 1. The lowest BCUT2D eigenvalue weighted by Crippen LogP contribution is -1.98. The monoisotopic (exact) mass is 306 g/mol. The Labute approximate surface area is 125 Å². The first-order chi connectivity index (χ1) is 9.70. The Morgan fingerprint density at radius 2 is 1.95 bits per heavy atom. The standard InChI is InChI=1S/C15H11ClO3S/c1-18-13-11(16)8-7-10-12(13)14(17)19-15(10)20-9-5-3-2-4-6-9/h2-8,15H,1H3. The average molecular weight is 307 g/mol. The molecule has 2 aromatic carbocycles. The summed E-state index contributed by atoms with van der Waals surface area (Å²) in [5.74, 6) is -0.0156. The minimum absolute atomic E-state index is 0.369. The molecule has 1 atom stereocenters. The molecule has 0 saturated carbocycles. The predicted octanol–water partition coefficient (Wildman–Crippen LogP) is 4.31. The first-order valence-electron chi connectivity index (χ1n) is 6.00. The fourth-order valence-corrected chi connectivity index (χ4v) is 3.36. The van der Waals surface area contributed by atoms with E-state index in [0.717, 1.165) is 10.5 Å². The molecule has 102 valence electrons. The number of carbonyl (C=O) groups excluding carboxylic acids is 1. The smallest absolute Gasteiger partial charge is 0.343 e. The van der Waals surface area contributed by atoms with Gasteiger partial charge in [-0.1, -0.05) is 47.6 Å². The van der Waals surface area contributed by atoms with Crippen LogP contribution >= 0.6 is 23.4 Å². The van der Waals surface area contributed by atoms with E-state index in [4.69, 9.17) is 21.1 Å². The summed E-state index contributed by atoms with van der Waals surface area (Å²) in [5, 5.41) is 0.411. The molecule has 2 aromatic rings. The van der Waals surface area contributed by atoms with Crippen molar-refractivity contribution in [3.63, 3.8) is 0 Å². The Kier molecular flexibility index (Phi) is 3.59. The number of thioether (sulfide) groups is 1. The van der Waals surface area contributed by atoms with Gasteiger partial charge in [-0.05, 0) is 18.2 Å². The van der Waals surface area contributed by atoms with Crippen LogP contribution < -0.4 is 4.74 Å². The molecule has 3 nitrogen and oxygen atoms in total. The molecule has 1 aliphatic heterocycles. The largest absolute Gasteiger partial charge is 0.494 e. The summed E-state index contributed by atoms with van der Waals surface area (Å²) in [6, 6.07) is 13.3. The Balaban J connectivity index is 1.98. The number of carbonyl (C=O) groups is 1. The summed E-state index contributed by atoms with van der Waals surface area (Å²) in [6.07, 6.45) is 0. The van der Waals surface area contributed by atoms with Gasteiger partial charge in [0, 0.05) is 10.5 Å². The number of esters is 1. The molecule has 0 bridgehead atoms. The van der Waals surface area contributed by atoms with Crippen molar-refractivity contribution in [1.29, 1.82) is 0 Å². The van der Waals surface area contributed by atoms with Crippen molar-refractivity contribution in [2.24, 2.45) is 0 Å². The molecular formula is C15H11ClO3S. The Morgan fingerprint density at radius 1 is 1.20 bits per heavy atom. The maximum Gasteiger partial charge on any atom is 0.343 e. The number of benzene rings is 2. The number of methoxy groups -OCH3 is 1. The topological polar surface area (TPSA) is 35.5 Å². The zero-order valence-electron chi connectivity index (χ0n) is 10.6. The zero-order chi connectivity index (χ0) is 14.1. The van der Waals surface area contributed by atoms with Crippen LogP contribution in [0.3, 0.4) is 0 Å². The molecule has 0 aromatic heterocycles. The SMILES string of the molecule is COc1c(Cl)ccc2c1C(=O)OC2Sc1ccccc1. The van der Waals surface area contributed by atoms with Gasteiger partial charge in [-0.15, -0.1) is 0 Å². The predicted molar refractivity (Wildman–Crippen MR) is 78.5 cm³/mol. The Hall–Kier alpha value is -1.65. The second kappa shape index (κ2) is 5.38. The number of fused-ring (bicyclic) bond motifs is 1. The zero-order valence-corrected chi connectivity index (χ0v) is 12.2. The normalized spacial score (nSPS) is 16.7. The van der Waals surface area contributed by atoms with Crippen molar-refractivity contribution in [2.75, 3.05) is 7.11 Å². The number of hydrogen-bond acceptors (Lipinski definition) is 4. The first kappa shape index (κ1) is 13.3. The van der Waals surface area contributed by atoms with Gasteiger partial charge < -0.3 is 9.47 Å². The Morgan fingerprint density at radius 3 is 2.65 bits per heavy atom. The van der Waals surface area contributed by atoms with E-state index in [1.807, 2.05) is 36.4 Å². The third-order valence-corrected chi connectivity index (χ3v) is 4.41. The molecule has 1 aliphatic rings. The highest BCUT2D eigenvalue weighted by Crippen LogP contribution is 2.47. The van der Waals surface area contributed by atoms with Crippen LogP contribution in [0.15, 0.2) is 47.4 Å². The quantitative estimate of drug-likeness (QED) is 0.792. The van der Waals surface area contributed by atoms with Gasteiger partial charge in [0.05, 0.1) is 12.1 Å². The van der Waals surface area contributed by atoms with Gasteiger partial charge in [0.1, 0.15) is 5.56 Å². The summed E-state index contributed by atoms with van der Waals surface area (Å²) < 4.78 is 10.6. The third kappa shape index (κ3) is 2.25. The lowest BCUT2D eigenvalue weighted by Gasteiger charge is -2.10. The maximum atomic E-state index is 12.0. The number of hydrogen-bond donors (Lipinski definition) is 0. The molecular weight excluding hydrogens is 296 g/mol. The van der Waals surface area contributed by atoms with Crippen LogP contribution in [0.4, 0.5) is 0 Å². The summed E-state index contributed by atoms with van der Waals surface area (Å²) >= 11 is 7.52. The summed E-state index contributed by atoms with van der Waals surface area (Å²) in [4.78, 5) is 13.1. The molecule has 1 unspecified atom stereocenters. The van der Waals surface area contributed by atoms with E-state index >= 15 is 0 Å². The molecule has 1 heterocycles. The molecule has 0 saturated heterocycles. The van der Waals surface area contributed by atoms with E-state index in [0.29, 0.717) is 16.3 Å². The van der Waals surface area contributed by atoms with Crippen LogP contribution in [0.1, 0.15) is 21.4 Å². The molecule has 20 heavy (non-hydrogen) atoms. The molecule has 0 amide bonds. The van der Waals surface area contributed by atoms with E-state index < -0.39 is 5.97 Å².